The van der Waals surface area contributed by atoms with Crippen molar-refractivity contribution in [1.29, 1.82) is 0 Å². The van der Waals surface area contributed by atoms with Crippen molar-refractivity contribution in [3.63, 3.8) is 0 Å². The third-order valence-electron chi connectivity index (χ3n) is 4.90. The lowest BCUT2D eigenvalue weighted by atomic mass is 10.0. The van der Waals surface area contributed by atoms with Gasteiger partial charge in [0.15, 0.2) is 0 Å². The Labute approximate surface area is 157 Å². The zero-order chi connectivity index (χ0) is 17.7. The van der Waals surface area contributed by atoms with Gasteiger partial charge in [-0.2, -0.15) is 0 Å². The zero-order valence-corrected chi connectivity index (χ0v) is 17.2. The molecule has 0 aromatic heterocycles. The largest absolute Gasteiger partial charge is 0.300 e. The van der Waals surface area contributed by atoms with Crippen molar-refractivity contribution in [3.8, 4) is 0 Å². The van der Waals surface area contributed by atoms with E-state index < -0.39 is 0 Å². The summed E-state index contributed by atoms with van der Waals surface area (Å²) in [5.41, 5.74) is 0. The molecule has 24 heavy (non-hydrogen) atoms. The van der Waals surface area contributed by atoms with Crippen molar-refractivity contribution in [2.24, 2.45) is 0 Å². The molecule has 0 saturated heterocycles. The lowest BCUT2D eigenvalue weighted by Gasteiger charge is -2.03. The molecule has 0 aromatic rings. The molecule has 0 fully saturated rings. The summed E-state index contributed by atoms with van der Waals surface area (Å²) in [7, 11) is 0. The van der Waals surface area contributed by atoms with Gasteiger partial charge in [-0.25, -0.2) is 0 Å². The van der Waals surface area contributed by atoms with Crippen molar-refractivity contribution >= 4 is 17.4 Å². The van der Waals surface area contributed by atoms with E-state index in [9.17, 15) is 4.79 Å². The van der Waals surface area contributed by atoms with Gasteiger partial charge in [0.25, 0.3) is 0 Å². The number of hydrogen-bond donors (Lipinski definition) is 0. The summed E-state index contributed by atoms with van der Waals surface area (Å²) in [6.45, 7) is 2.28. The first-order valence-electron chi connectivity index (χ1n) is 10.9. The number of unbranched alkanes of at least 4 members (excludes halogenated alkanes) is 15. The summed E-state index contributed by atoms with van der Waals surface area (Å²) < 4.78 is 0. The highest BCUT2D eigenvalue weighted by molar-refractivity contribution is 6.17. The highest BCUT2D eigenvalue weighted by atomic mass is 35.5. The molecular weight excluding hydrogens is 316 g/mol. The van der Waals surface area contributed by atoms with Gasteiger partial charge in [0.2, 0.25) is 0 Å². The SMILES string of the molecule is CCCCCCCCCCCCCCCC(=O)CCCCCCCl. The molecule has 0 aliphatic heterocycles. The topological polar surface area (TPSA) is 17.1 Å². The maximum Gasteiger partial charge on any atom is 0.132 e. The van der Waals surface area contributed by atoms with Crippen LogP contribution in [-0.4, -0.2) is 11.7 Å². The van der Waals surface area contributed by atoms with Crippen molar-refractivity contribution < 1.29 is 4.79 Å². The molecule has 0 N–H and O–H groups in total. The Kier molecular flexibility index (Phi) is 21.0. The summed E-state index contributed by atoms with van der Waals surface area (Å²) in [4.78, 5) is 11.8. The zero-order valence-electron chi connectivity index (χ0n) is 16.4. The molecule has 0 unspecified atom stereocenters. The third kappa shape index (κ3) is 20.0. The van der Waals surface area contributed by atoms with Crippen molar-refractivity contribution in [3.05, 3.63) is 0 Å². The van der Waals surface area contributed by atoms with Gasteiger partial charge in [-0.05, 0) is 19.3 Å². The lowest BCUT2D eigenvalue weighted by molar-refractivity contribution is -0.119. The number of carbonyl (C=O) groups excluding carboxylic acids is 1. The number of hydrogen-bond acceptors (Lipinski definition) is 1. The second-order valence-corrected chi connectivity index (χ2v) is 7.76. The Bertz CT molecular complexity index is 252. The van der Waals surface area contributed by atoms with Crippen molar-refractivity contribution in [2.75, 3.05) is 5.88 Å². The van der Waals surface area contributed by atoms with E-state index in [0.717, 1.165) is 44.4 Å². The Morgan fingerprint density at radius 1 is 0.542 bits per heavy atom. The Hall–Kier alpha value is -0.0400. The van der Waals surface area contributed by atoms with E-state index in [2.05, 4.69) is 6.92 Å². The van der Waals surface area contributed by atoms with Gasteiger partial charge >= 0.3 is 0 Å². The summed E-state index contributed by atoms with van der Waals surface area (Å²) in [6, 6.07) is 0. The Morgan fingerprint density at radius 3 is 1.25 bits per heavy atom. The number of alkyl halides is 1. The standard InChI is InChI=1S/C22H43ClO/c1-2-3-4-5-6-7-8-9-10-11-12-13-16-19-22(24)20-17-14-15-18-21-23/h2-21H2,1H3. The van der Waals surface area contributed by atoms with E-state index in [1.165, 1.54) is 83.5 Å². The van der Waals surface area contributed by atoms with E-state index in [1.54, 1.807) is 0 Å². The van der Waals surface area contributed by atoms with Gasteiger partial charge in [0.1, 0.15) is 5.78 Å². The lowest BCUT2D eigenvalue weighted by Crippen LogP contribution is -1.97. The first-order chi connectivity index (χ1) is 11.8. The third-order valence-corrected chi connectivity index (χ3v) is 5.17. The first kappa shape index (κ1) is 24.0. The normalized spacial score (nSPS) is 11.1. The molecule has 0 aromatic carbocycles. The molecule has 1 nitrogen and oxygen atoms in total. The molecule has 0 amide bonds. The van der Waals surface area contributed by atoms with Crippen LogP contribution in [0.4, 0.5) is 0 Å². The number of halogens is 1. The van der Waals surface area contributed by atoms with Crippen LogP contribution in [0.3, 0.4) is 0 Å². The number of ketones is 1. The molecule has 0 saturated carbocycles. The molecule has 0 rings (SSSR count). The maximum atomic E-state index is 11.8. The molecule has 0 radical (unpaired) electrons. The average Bonchev–Trinajstić information content (AvgIpc) is 2.59. The minimum Gasteiger partial charge on any atom is -0.300 e. The van der Waals surface area contributed by atoms with Crippen molar-refractivity contribution in [2.45, 2.75) is 129 Å². The fourth-order valence-electron chi connectivity index (χ4n) is 3.24. The van der Waals surface area contributed by atoms with E-state index in [4.69, 9.17) is 11.6 Å². The van der Waals surface area contributed by atoms with Gasteiger partial charge in [-0.3, -0.25) is 4.79 Å². The second kappa shape index (κ2) is 21.0. The number of carbonyl (C=O) groups is 1. The van der Waals surface area contributed by atoms with Crippen LogP contribution in [0.15, 0.2) is 0 Å². The van der Waals surface area contributed by atoms with Gasteiger partial charge in [-0.1, -0.05) is 96.8 Å². The molecule has 0 spiro atoms. The summed E-state index contributed by atoms with van der Waals surface area (Å²) in [5.74, 6) is 1.23. The fraction of sp³-hybridized carbons (Fsp3) is 0.955. The fourth-order valence-corrected chi connectivity index (χ4v) is 3.42. The van der Waals surface area contributed by atoms with Crippen molar-refractivity contribution in [1.82, 2.24) is 0 Å². The van der Waals surface area contributed by atoms with Crippen LogP contribution < -0.4 is 0 Å². The molecular formula is C22H43ClO. The highest BCUT2D eigenvalue weighted by Crippen LogP contribution is 2.13. The average molecular weight is 359 g/mol. The quantitative estimate of drug-likeness (QED) is 0.158. The molecule has 0 bridgehead atoms. The van der Waals surface area contributed by atoms with Crippen LogP contribution >= 0.6 is 11.6 Å². The Balaban J connectivity index is 3.10. The van der Waals surface area contributed by atoms with E-state index in [0.29, 0.717) is 5.78 Å². The van der Waals surface area contributed by atoms with Crippen LogP contribution in [0.1, 0.15) is 129 Å². The summed E-state index contributed by atoms with van der Waals surface area (Å²) >= 11 is 5.64. The van der Waals surface area contributed by atoms with Gasteiger partial charge in [-0.15, -0.1) is 11.6 Å². The summed E-state index contributed by atoms with van der Waals surface area (Å²) in [6.07, 6.45) is 23.9. The summed E-state index contributed by atoms with van der Waals surface area (Å²) in [5, 5.41) is 0. The molecule has 0 heterocycles. The van der Waals surface area contributed by atoms with Crippen LogP contribution in [-0.2, 0) is 4.79 Å². The first-order valence-corrected chi connectivity index (χ1v) is 11.4. The van der Waals surface area contributed by atoms with Crippen LogP contribution in [0.5, 0.6) is 0 Å². The molecule has 0 atom stereocenters. The molecule has 0 aliphatic carbocycles. The maximum absolute atomic E-state index is 11.8. The van der Waals surface area contributed by atoms with Gasteiger partial charge < -0.3 is 0 Å². The van der Waals surface area contributed by atoms with Crippen LogP contribution in [0, 0.1) is 0 Å². The van der Waals surface area contributed by atoms with Crippen LogP contribution in [0.25, 0.3) is 0 Å². The molecule has 144 valence electrons. The number of Topliss-reactive ketones (excluding diaryl/α,β-unsaturated/α-hetero) is 1. The molecule has 2 heteroatoms. The second-order valence-electron chi connectivity index (χ2n) is 7.38. The predicted octanol–water partition coefficient (Wildman–Crippen LogP) is 8.23. The monoisotopic (exact) mass is 358 g/mol. The van der Waals surface area contributed by atoms with Gasteiger partial charge in [0, 0.05) is 18.7 Å². The van der Waals surface area contributed by atoms with E-state index in [1.807, 2.05) is 0 Å². The molecule has 0 aliphatic rings. The minimum absolute atomic E-state index is 0.476. The predicted molar refractivity (Wildman–Crippen MR) is 109 cm³/mol. The van der Waals surface area contributed by atoms with E-state index in [-0.39, 0.29) is 0 Å². The smallest absolute Gasteiger partial charge is 0.132 e. The van der Waals surface area contributed by atoms with Gasteiger partial charge in [0.05, 0.1) is 0 Å². The highest BCUT2D eigenvalue weighted by Gasteiger charge is 2.01. The minimum atomic E-state index is 0.476. The van der Waals surface area contributed by atoms with E-state index >= 15 is 0 Å². The van der Waals surface area contributed by atoms with Crippen LogP contribution in [0.2, 0.25) is 0 Å². The Morgan fingerprint density at radius 2 is 0.875 bits per heavy atom. The number of rotatable bonds is 20.